The van der Waals surface area contributed by atoms with Gasteiger partial charge in [-0.2, -0.15) is 0 Å². The zero-order chi connectivity index (χ0) is 15.9. The first-order chi connectivity index (χ1) is 10.6. The van der Waals surface area contributed by atoms with E-state index >= 15 is 0 Å². The van der Waals surface area contributed by atoms with Gasteiger partial charge >= 0.3 is 0 Å². The van der Waals surface area contributed by atoms with E-state index in [9.17, 15) is 0 Å². The van der Waals surface area contributed by atoms with Crippen molar-refractivity contribution in [3.05, 3.63) is 68.1 Å². The fourth-order valence-electron chi connectivity index (χ4n) is 2.20. The number of hydrogen-bond donors (Lipinski definition) is 0. The van der Waals surface area contributed by atoms with Crippen LogP contribution in [0.2, 0.25) is 5.02 Å². The highest BCUT2D eigenvalue weighted by atomic mass is 79.9. The van der Waals surface area contributed by atoms with Gasteiger partial charge in [-0.05, 0) is 54.2 Å². The summed E-state index contributed by atoms with van der Waals surface area (Å²) in [6.45, 7) is 3.06. The second kappa shape index (κ2) is 8.68. The van der Waals surface area contributed by atoms with Crippen molar-refractivity contribution in [3.63, 3.8) is 0 Å². The molecule has 0 saturated carbocycles. The minimum absolute atomic E-state index is 0.346. The van der Waals surface area contributed by atoms with Crippen LogP contribution in [0.3, 0.4) is 0 Å². The summed E-state index contributed by atoms with van der Waals surface area (Å²) in [5.41, 5.74) is 4.80. The van der Waals surface area contributed by atoms with Crippen LogP contribution in [0.5, 0.6) is 0 Å². The van der Waals surface area contributed by atoms with Gasteiger partial charge in [0.15, 0.2) is 0 Å². The number of halogens is 2. The molecule has 2 nitrogen and oxygen atoms in total. The molecule has 0 fully saturated rings. The van der Waals surface area contributed by atoms with Crippen molar-refractivity contribution in [2.24, 2.45) is 0 Å². The summed E-state index contributed by atoms with van der Waals surface area (Å²) >= 11 is 9.90. The summed E-state index contributed by atoms with van der Waals surface area (Å²) < 4.78 is 11.3. The highest BCUT2D eigenvalue weighted by Crippen LogP contribution is 2.27. The minimum Gasteiger partial charge on any atom is -0.359 e. The summed E-state index contributed by atoms with van der Waals surface area (Å²) in [6.07, 6.45) is 1.72. The smallest absolute Gasteiger partial charge is 0.146 e. The first kappa shape index (κ1) is 17.5. The average Bonchev–Trinajstić information content (AvgIpc) is 2.51. The number of methoxy groups -OCH3 is 1. The van der Waals surface area contributed by atoms with Gasteiger partial charge in [0, 0.05) is 16.6 Å². The van der Waals surface area contributed by atoms with Gasteiger partial charge in [0.25, 0.3) is 0 Å². The maximum absolute atomic E-state index is 6.33. The molecule has 0 unspecified atom stereocenters. The molecule has 2 aromatic rings. The Morgan fingerprint density at radius 2 is 1.77 bits per heavy atom. The molecule has 0 radical (unpaired) electrons. The van der Waals surface area contributed by atoms with E-state index in [0.717, 1.165) is 33.5 Å². The topological polar surface area (TPSA) is 18.5 Å². The molecule has 0 aliphatic rings. The van der Waals surface area contributed by atoms with Crippen molar-refractivity contribution < 1.29 is 9.47 Å². The van der Waals surface area contributed by atoms with Crippen LogP contribution in [-0.4, -0.2) is 20.5 Å². The van der Waals surface area contributed by atoms with Crippen LogP contribution in [0.4, 0.5) is 0 Å². The van der Waals surface area contributed by atoms with Gasteiger partial charge in [0.2, 0.25) is 0 Å². The SMILES string of the molecule is COCOCCc1ccc(Cc2cc(Br)c(C)cc2Cl)cc1. The summed E-state index contributed by atoms with van der Waals surface area (Å²) in [7, 11) is 1.63. The van der Waals surface area contributed by atoms with E-state index in [1.165, 1.54) is 11.1 Å². The Labute approximate surface area is 145 Å². The Bertz CT molecular complexity index is 611. The van der Waals surface area contributed by atoms with Crippen molar-refractivity contribution in [2.45, 2.75) is 19.8 Å². The summed E-state index contributed by atoms with van der Waals surface area (Å²) in [5.74, 6) is 0. The molecule has 0 spiro atoms. The lowest BCUT2D eigenvalue weighted by atomic mass is 10.0. The molecule has 0 aromatic heterocycles. The van der Waals surface area contributed by atoms with E-state index in [1.54, 1.807) is 7.11 Å². The molecule has 0 bridgehead atoms. The number of aryl methyl sites for hydroxylation is 1. The number of hydrogen-bond acceptors (Lipinski definition) is 2. The largest absolute Gasteiger partial charge is 0.359 e. The van der Waals surface area contributed by atoms with Gasteiger partial charge in [0.05, 0.1) is 6.61 Å². The lowest BCUT2D eigenvalue weighted by Gasteiger charge is -2.09. The van der Waals surface area contributed by atoms with Crippen molar-refractivity contribution >= 4 is 27.5 Å². The Morgan fingerprint density at radius 3 is 2.45 bits per heavy atom. The van der Waals surface area contributed by atoms with Crippen LogP contribution < -0.4 is 0 Å². The van der Waals surface area contributed by atoms with Crippen LogP contribution in [-0.2, 0) is 22.3 Å². The van der Waals surface area contributed by atoms with Gasteiger partial charge in [-0.1, -0.05) is 51.8 Å². The molecule has 0 amide bonds. The fourth-order valence-corrected chi connectivity index (χ4v) is 2.87. The highest BCUT2D eigenvalue weighted by Gasteiger charge is 2.06. The van der Waals surface area contributed by atoms with Crippen LogP contribution >= 0.6 is 27.5 Å². The molecule has 0 N–H and O–H groups in total. The molecule has 0 atom stereocenters. The molecule has 2 aromatic carbocycles. The predicted octanol–water partition coefficient (Wildman–Crippen LogP) is 5.16. The molecular formula is C18H20BrClO2. The molecule has 4 heteroatoms. The molecular weight excluding hydrogens is 364 g/mol. The van der Waals surface area contributed by atoms with Gasteiger partial charge in [0.1, 0.15) is 6.79 Å². The normalized spacial score (nSPS) is 10.9. The maximum atomic E-state index is 6.33. The maximum Gasteiger partial charge on any atom is 0.146 e. The van der Waals surface area contributed by atoms with E-state index in [-0.39, 0.29) is 0 Å². The Balaban J connectivity index is 1.98. The standard InChI is InChI=1S/C18H20BrClO2/c1-13-9-18(20)16(11-17(13)19)10-15-5-3-14(4-6-15)7-8-22-12-21-2/h3-6,9,11H,7-8,10,12H2,1-2H3. The minimum atomic E-state index is 0.346. The van der Waals surface area contributed by atoms with Crippen molar-refractivity contribution in [1.82, 2.24) is 0 Å². The van der Waals surface area contributed by atoms with Crippen molar-refractivity contribution in [2.75, 3.05) is 20.5 Å². The van der Waals surface area contributed by atoms with Crippen molar-refractivity contribution in [3.8, 4) is 0 Å². The monoisotopic (exact) mass is 382 g/mol. The van der Waals surface area contributed by atoms with E-state index in [1.807, 2.05) is 13.0 Å². The summed E-state index contributed by atoms with van der Waals surface area (Å²) in [4.78, 5) is 0. The molecule has 2 rings (SSSR count). The third-order valence-corrected chi connectivity index (χ3v) is 4.69. The lowest BCUT2D eigenvalue weighted by Crippen LogP contribution is -2.01. The fraction of sp³-hybridized carbons (Fsp3) is 0.333. The summed E-state index contributed by atoms with van der Waals surface area (Å²) in [5, 5.41) is 0.817. The first-order valence-electron chi connectivity index (χ1n) is 7.19. The van der Waals surface area contributed by atoms with E-state index in [2.05, 4.69) is 46.3 Å². The molecule has 0 aliphatic carbocycles. The Hall–Kier alpha value is -0.870. The second-order valence-electron chi connectivity index (χ2n) is 5.25. The quantitative estimate of drug-likeness (QED) is 0.485. The first-order valence-corrected chi connectivity index (χ1v) is 8.36. The van der Waals surface area contributed by atoms with E-state index < -0.39 is 0 Å². The molecule has 118 valence electrons. The van der Waals surface area contributed by atoms with E-state index in [0.29, 0.717) is 13.4 Å². The molecule has 0 aliphatic heterocycles. The zero-order valence-electron chi connectivity index (χ0n) is 12.9. The van der Waals surface area contributed by atoms with Gasteiger partial charge < -0.3 is 9.47 Å². The van der Waals surface area contributed by atoms with Gasteiger partial charge in [-0.3, -0.25) is 0 Å². The Morgan fingerprint density at radius 1 is 1.09 bits per heavy atom. The van der Waals surface area contributed by atoms with Crippen LogP contribution in [0.1, 0.15) is 22.3 Å². The van der Waals surface area contributed by atoms with Crippen molar-refractivity contribution in [1.29, 1.82) is 0 Å². The zero-order valence-corrected chi connectivity index (χ0v) is 15.2. The summed E-state index contributed by atoms with van der Waals surface area (Å²) in [6, 6.07) is 12.7. The second-order valence-corrected chi connectivity index (χ2v) is 6.51. The van der Waals surface area contributed by atoms with Crippen LogP contribution in [0, 0.1) is 6.92 Å². The number of benzene rings is 2. The average molecular weight is 384 g/mol. The van der Waals surface area contributed by atoms with Crippen LogP contribution in [0.15, 0.2) is 40.9 Å². The third-order valence-electron chi connectivity index (χ3n) is 3.48. The molecule has 0 saturated heterocycles. The van der Waals surface area contributed by atoms with E-state index in [4.69, 9.17) is 21.1 Å². The lowest BCUT2D eigenvalue weighted by molar-refractivity contribution is -0.0291. The molecule has 0 heterocycles. The molecule has 22 heavy (non-hydrogen) atoms. The number of ether oxygens (including phenoxy) is 2. The van der Waals surface area contributed by atoms with Gasteiger partial charge in [-0.25, -0.2) is 0 Å². The number of rotatable bonds is 7. The third kappa shape index (κ3) is 5.10. The van der Waals surface area contributed by atoms with Crippen LogP contribution in [0.25, 0.3) is 0 Å². The highest BCUT2D eigenvalue weighted by molar-refractivity contribution is 9.10. The predicted molar refractivity (Wildman–Crippen MR) is 94.7 cm³/mol. The van der Waals surface area contributed by atoms with Gasteiger partial charge in [-0.15, -0.1) is 0 Å². The Kier molecular flexibility index (Phi) is 6.90.